The number of para-hydroxylation sites is 1. The molecule has 1 amide bonds. The van der Waals surface area contributed by atoms with Crippen molar-refractivity contribution in [3.8, 4) is 17.2 Å². The van der Waals surface area contributed by atoms with Crippen molar-refractivity contribution in [1.82, 2.24) is 5.43 Å². The van der Waals surface area contributed by atoms with E-state index in [1.165, 1.54) is 50.8 Å². The first kappa shape index (κ1) is 33.3. The van der Waals surface area contributed by atoms with Crippen molar-refractivity contribution in [2.75, 3.05) is 31.7 Å². The smallest absolute Gasteiger partial charge is 0.344 e. The van der Waals surface area contributed by atoms with Crippen molar-refractivity contribution in [3.05, 3.63) is 82.4 Å². The molecule has 1 N–H and O–H groups in total. The minimum Gasteiger partial charge on any atom is -0.497 e. The Morgan fingerprint density at radius 2 is 1.66 bits per heavy atom. The number of nitrogens with one attached hydrogen (secondary N) is 1. The van der Waals surface area contributed by atoms with Gasteiger partial charge in [-0.25, -0.2) is 18.6 Å². The number of amides is 1. The number of nitro groups is 1. The number of nitro benzene ring substituents is 1. The zero-order valence-electron chi connectivity index (χ0n) is 24.7. The molecule has 15 heteroatoms. The molecule has 0 aliphatic heterocycles. The molecule has 0 aliphatic carbocycles. The first-order chi connectivity index (χ1) is 20.7. The minimum absolute atomic E-state index is 0.0387. The summed E-state index contributed by atoms with van der Waals surface area (Å²) in [6, 6.07) is 15.4. The molecule has 3 aromatic carbocycles. The van der Waals surface area contributed by atoms with Crippen LogP contribution in [0.2, 0.25) is 0 Å². The number of hydrogen-bond donors (Lipinski definition) is 1. The molecular formula is C29H32N4O10S. The number of methoxy groups -OCH3 is 2. The van der Waals surface area contributed by atoms with Gasteiger partial charge >= 0.3 is 5.97 Å². The number of hydrazone groups is 1. The van der Waals surface area contributed by atoms with Gasteiger partial charge in [-0.2, -0.15) is 5.10 Å². The van der Waals surface area contributed by atoms with Crippen LogP contribution in [-0.2, 0) is 24.3 Å². The van der Waals surface area contributed by atoms with Crippen molar-refractivity contribution in [3.63, 3.8) is 0 Å². The fourth-order valence-electron chi connectivity index (χ4n) is 3.74. The zero-order valence-corrected chi connectivity index (χ0v) is 25.5. The molecule has 0 spiro atoms. The maximum Gasteiger partial charge on any atom is 0.344 e. The third-order valence-electron chi connectivity index (χ3n) is 5.63. The summed E-state index contributed by atoms with van der Waals surface area (Å²) < 4.78 is 49.4. The van der Waals surface area contributed by atoms with E-state index < -0.39 is 49.6 Å². The number of carbonyl (C=O) groups excluding carboxylic acids is 2. The van der Waals surface area contributed by atoms with Crippen molar-refractivity contribution in [2.24, 2.45) is 5.10 Å². The standard InChI is InChI=1S/C29H32N4O10S/c1-29(2,3)43-28(35)19-42-21-12-10-20(11-13-21)17-30-31-27(34)18-32(23-15-14-22(40-4)16-25(23)41-5)44(38,39)26-9-7-6-8-24(26)33(36)37/h6-17H,18-19H2,1-5H3,(H,31,34)/b30-17-. The van der Waals surface area contributed by atoms with E-state index >= 15 is 0 Å². The van der Waals surface area contributed by atoms with E-state index in [4.69, 9.17) is 18.9 Å². The van der Waals surface area contributed by atoms with Gasteiger partial charge in [-0.1, -0.05) is 12.1 Å². The van der Waals surface area contributed by atoms with Crippen LogP contribution in [0.1, 0.15) is 26.3 Å². The maximum absolute atomic E-state index is 13.8. The van der Waals surface area contributed by atoms with E-state index in [-0.39, 0.29) is 18.0 Å². The number of ether oxygens (including phenoxy) is 4. The normalized spacial score (nSPS) is 11.5. The Labute approximate surface area is 254 Å². The average molecular weight is 629 g/mol. The van der Waals surface area contributed by atoms with E-state index in [0.29, 0.717) is 21.4 Å². The molecule has 14 nitrogen and oxygen atoms in total. The van der Waals surface area contributed by atoms with Gasteiger partial charge in [-0.15, -0.1) is 0 Å². The highest BCUT2D eigenvalue weighted by Gasteiger charge is 2.34. The molecule has 0 aliphatic rings. The SMILES string of the molecule is COc1ccc(N(CC(=O)N/N=C\c2ccc(OCC(=O)OC(C)(C)C)cc2)S(=O)(=O)c2ccccc2[N+](=O)[O-])c(OC)c1. The van der Waals surface area contributed by atoms with Crippen LogP contribution in [0.15, 0.2) is 76.7 Å². The molecule has 0 atom stereocenters. The highest BCUT2D eigenvalue weighted by molar-refractivity contribution is 7.93. The molecule has 0 aromatic heterocycles. The Balaban J connectivity index is 1.79. The molecule has 0 fully saturated rings. The quantitative estimate of drug-likeness (QED) is 0.127. The molecular weight excluding hydrogens is 596 g/mol. The van der Waals surface area contributed by atoms with E-state index in [2.05, 4.69) is 10.5 Å². The Bertz CT molecular complexity index is 1630. The lowest BCUT2D eigenvalue weighted by molar-refractivity contribution is -0.387. The van der Waals surface area contributed by atoms with Crippen molar-refractivity contribution >= 4 is 39.5 Å². The zero-order chi connectivity index (χ0) is 32.5. The predicted molar refractivity (Wildman–Crippen MR) is 161 cm³/mol. The summed E-state index contributed by atoms with van der Waals surface area (Å²) in [5.74, 6) is -0.572. The number of rotatable bonds is 13. The number of esters is 1. The molecule has 0 saturated carbocycles. The molecule has 3 rings (SSSR count). The summed E-state index contributed by atoms with van der Waals surface area (Å²) in [4.78, 5) is 35.0. The fraction of sp³-hybridized carbons (Fsp3) is 0.276. The van der Waals surface area contributed by atoms with Gasteiger partial charge in [0.05, 0.1) is 31.0 Å². The van der Waals surface area contributed by atoms with E-state index in [1.54, 1.807) is 45.0 Å². The van der Waals surface area contributed by atoms with Gasteiger partial charge in [-0.3, -0.25) is 19.2 Å². The van der Waals surface area contributed by atoms with Crippen LogP contribution in [0.4, 0.5) is 11.4 Å². The molecule has 0 heterocycles. The lowest BCUT2D eigenvalue weighted by Gasteiger charge is -2.25. The summed E-state index contributed by atoms with van der Waals surface area (Å²) in [5, 5.41) is 15.5. The summed E-state index contributed by atoms with van der Waals surface area (Å²) in [5.41, 5.74) is 1.45. The molecule has 0 bridgehead atoms. The van der Waals surface area contributed by atoms with Crippen LogP contribution in [0, 0.1) is 10.1 Å². The predicted octanol–water partition coefficient (Wildman–Crippen LogP) is 3.68. The third kappa shape index (κ3) is 8.91. The Kier molecular flexibility index (Phi) is 10.9. The molecule has 44 heavy (non-hydrogen) atoms. The minimum atomic E-state index is -4.67. The maximum atomic E-state index is 13.8. The monoisotopic (exact) mass is 628 g/mol. The molecule has 0 unspecified atom stereocenters. The second-order valence-electron chi connectivity index (χ2n) is 10.0. The second-order valence-corrected chi connectivity index (χ2v) is 11.8. The first-order valence-electron chi connectivity index (χ1n) is 13.0. The molecule has 234 valence electrons. The molecule has 0 saturated heterocycles. The lowest BCUT2D eigenvalue weighted by Crippen LogP contribution is -2.40. The topological polar surface area (TPSA) is 176 Å². The van der Waals surface area contributed by atoms with Crippen molar-refractivity contribution < 1.29 is 41.9 Å². The van der Waals surface area contributed by atoms with Crippen LogP contribution in [0.25, 0.3) is 0 Å². The van der Waals surface area contributed by atoms with E-state index in [0.717, 1.165) is 12.1 Å². The number of carbonyl (C=O) groups is 2. The van der Waals surface area contributed by atoms with Gasteiger partial charge in [0.15, 0.2) is 11.5 Å². The van der Waals surface area contributed by atoms with Gasteiger partial charge in [0, 0.05) is 12.1 Å². The van der Waals surface area contributed by atoms with Gasteiger partial charge in [-0.05, 0) is 68.8 Å². The van der Waals surface area contributed by atoms with Crippen LogP contribution in [0.5, 0.6) is 17.2 Å². The number of nitrogens with zero attached hydrogens (tertiary/aromatic N) is 3. The van der Waals surface area contributed by atoms with Crippen LogP contribution >= 0.6 is 0 Å². The van der Waals surface area contributed by atoms with Crippen LogP contribution < -0.4 is 23.9 Å². The van der Waals surface area contributed by atoms with Gasteiger partial charge in [0.25, 0.3) is 21.6 Å². The highest BCUT2D eigenvalue weighted by atomic mass is 32.2. The second kappa shape index (κ2) is 14.3. The van der Waals surface area contributed by atoms with Gasteiger partial charge in [0.2, 0.25) is 0 Å². The number of benzene rings is 3. The average Bonchev–Trinajstić information content (AvgIpc) is 2.98. The lowest BCUT2D eigenvalue weighted by atomic mass is 10.2. The van der Waals surface area contributed by atoms with E-state index in [9.17, 15) is 28.1 Å². The van der Waals surface area contributed by atoms with Crippen molar-refractivity contribution in [1.29, 1.82) is 0 Å². The third-order valence-corrected chi connectivity index (χ3v) is 7.44. The molecule has 0 radical (unpaired) electrons. The first-order valence-corrected chi connectivity index (χ1v) is 14.4. The fourth-order valence-corrected chi connectivity index (χ4v) is 5.34. The number of hydrogen-bond acceptors (Lipinski definition) is 11. The number of sulfonamides is 1. The molecule has 3 aromatic rings. The highest BCUT2D eigenvalue weighted by Crippen LogP contribution is 2.37. The number of anilines is 1. The van der Waals surface area contributed by atoms with Gasteiger partial charge in [0.1, 0.15) is 29.4 Å². The van der Waals surface area contributed by atoms with E-state index in [1.807, 2.05) is 0 Å². The largest absolute Gasteiger partial charge is 0.497 e. The summed E-state index contributed by atoms with van der Waals surface area (Å²) in [6.07, 6.45) is 1.31. The summed E-state index contributed by atoms with van der Waals surface area (Å²) in [6.45, 7) is 4.18. The van der Waals surface area contributed by atoms with Crippen molar-refractivity contribution in [2.45, 2.75) is 31.3 Å². The Morgan fingerprint density at radius 3 is 2.27 bits per heavy atom. The summed E-state index contributed by atoms with van der Waals surface area (Å²) >= 11 is 0. The van der Waals surface area contributed by atoms with Crippen LogP contribution in [-0.4, -0.2) is 64.4 Å². The van der Waals surface area contributed by atoms with Crippen LogP contribution in [0.3, 0.4) is 0 Å². The van der Waals surface area contributed by atoms with Gasteiger partial charge < -0.3 is 18.9 Å². The Hall–Kier alpha value is -5.18. The Morgan fingerprint density at radius 1 is 1.00 bits per heavy atom. The summed E-state index contributed by atoms with van der Waals surface area (Å²) in [7, 11) is -1.96.